The van der Waals surface area contributed by atoms with Crippen LogP contribution in [0.5, 0.6) is 0 Å². The van der Waals surface area contributed by atoms with Crippen molar-refractivity contribution in [2.45, 2.75) is 12.8 Å². The summed E-state index contributed by atoms with van der Waals surface area (Å²) in [7, 11) is 0. The predicted molar refractivity (Wildman–Crippen MR) is 87.1 cm³/mol. The minimum Gasteiger partial charge on any atom is -0.396 e. The number of likely N-dealkylation sites (tertiary alicyclic amines) is 1. The molecule has 0 spiro atoms. The van der Waals surface area contributed by atoms with Crippen molar-refractivity contribution >= 4 is 22.5 Å². The lowest BCUT2D eigenvalue weighted by Crippen LogP contribution is -2.33. The molecule has 0 radical (unpaired) electrons. The Morgan fingerprint density at radius 1 is 1.52 bits per heavy atom. The van der Waals surface area contributed by atoms with E-state index in [9.17, 15) is 9.18 Å². The third-order valence-corrected chi connectivity index (χ3v) is 4.78. The predicted octanol–water partition coefficient (Wildman–Crippen LogP) is 2.72. The highest BCUT2D eigenvalue weighted by atomic mass is 32.1. The molecule has 1 aromatic carbocycles. The molecular formula is C16H18FN3O2S. The number of aromatic nitrogens is 1. The zero-order valence-electron chi connectivity index (χ0n) is 12.5. The maximum absolute atomic E-state index is 13.2. The largest absolute Gasteiger partial charge is 0.396 e. The molecule has 1 saturated heterocycles. The molecule has 2 amide bonds. The molecule has 0 unspecified atom stereocenters. The first-order chi connectivity index (χ1) is 11.1. The van der Waals surface area contributed by atoms with Gasteiger partial charge in [0.1, 0.15) is 5.82 Å². The van der Waals surface area contributed by atoms with Crippen molar-refractivity contribution in [3.05, 3.63) is 46.7 Å². The number of aliphatic hydroxyl groups excluding tert-OH is 1. The van der Waals surface area contributed by atoms with E-state index in [1.54, 1.807) is 17.2 Å². The number of thiazole rings is 1. The summed E-state index contributed by atoms with van der Waals surface area (Å²) in [6.07, 6.45) is 3.11. The monoisotopic (exact) mass is 335 g/mol. The van der Waals surface area contributed by atoms with Gasteiger partial charge in [0.05, 0.1) is 0 Å². The number of benzene rings is 1. The molecule has 2 aromatic rings. The van der Waals surface area contributed by atoms with Crippen LogP contribution < -0.4 is 5.32 Å². The Morgan fingerprint density at radius 2 is 2.39 bits per heavy atom. The lowest BCUT2D eigenvalue weighted by molar-refractivity contribution is 0.209. The van der Waals surface area contributed by atoms with Crippen molar-refractivity contribution in [1.29, 1.82) is 0 Å². The van der Waals surface area contributed by atoms with E-state index < -0.39 is 0 Å². The third kappa shape index (κ3) is 4.05. The fourth-order valence-corrected chi connectivity index (χ4v) is 3.47. The number of nitrogens with one attached hydrogen (secondary N) is 1. The molecule has 2 heterocycles. The molecule has 1 atom stereocenters. The topological polar surface area (TPSA) is 65.5 Å². The number of anilines is 1. The molecule has 23 heavy (non-hydrogen) atoms. The normalized spacial score (nSPS) is 17.5. The van der Waals surface area contributed by atoms with Gasteiger partial charge in [-0.3, -0.25) is 5.32 Å². The van der Waals surface area contributed by atoms with E-state index in [0.717, 1.165) is 16.9 Å². The second kappa shape index (κ2) is 7.06. The van der Waals surface area contributed by atoms with E-state index in [1.807, 2.05) is 6.07 Å². The summed E-state index contributed by atoms with van der Waals surface area (Å²) in [6.45, 7) is 1.33. The van der Waals surface area contributed by atoms with Crippen LogP contribution in [0.1, 0.15) is 16.9 Å². The minimum atomic E-state index is -0.256. The van der Waals surface area contributed by atoms with Crippen molar-refractivity contribution < 1.29 is 14.3 Å². The molecule has 1 aromatic heterocycles. The molecule has 0 aliphatic carbocycles. The summed E-state index contributed by atoms with van der Waals surface area (Å²) in [5.41, 5.74) is 0.872. The zero-order chi connectivity index (χ0) is 16.2. The van der Waals surface area contributed by atoms with E-state index in [-0.39, 0.29) is 24.4 Å². The minimum absolute atomic E-state index is 0.110. The average Bonchev–Trinajstić information content (AvgIpc) is 3.16. The Labute approximate surface area is 137 Å². The van der Waals surface area contributed by atoms with Crippen molar-refractivity contribution in [3.63, 3.8) is 0 Å². The number of carbonyl (C=O) groups excluding carboxylic acids is 1. The van der Waals surface area contributed by atoms with Gasteiger partial charge in [-0.1, -0.05) is 12.1 Å². The van der Waals surface area contributed by atoms with Gasteiger partial charge in [-0.2, -0.15) is 0 Å². The van der Waals surface area contributed by atoms with Crippen LogP contribution in [0, 0.1) is 11.7 Å². The summed E-state index contributed by atoms with van der Waals surface area (Å²) in [4.78, 5) is 19.0. The van der Waals surface area contributed by atoms with Crippen LogP contribution in [0.25, 0.3) is 0 Å². The zero-order valence-corrected chi connectivity index (χ0v) is 13.4. The molecule has 7 heteroatoms. The molecule has 0 saturated carbocycles. The Morgan fingerprint density at radius 3 is 3.13 bits per heavy atom. The van der Waals surface area contributed by atoms with E-state index in [4.69, 9.17) is 5.11 Å². The number of hydrogen-bond acceptors (Lipinski definition) is 4. The summed E-state index contributed by atoms with van der Waals surface area (Å²) in [5, 5.41) is 12.4. The van der Waals surface area contributed by atoms with Crippen molar-refractivity contribution in [1.82, 2.24) is 9.88 Å². The van der Waals surface area contributed by atoms with Gasteiger partial charge in [-0.05, 0) is 24.1 Å². The van der Waals surface area contributed by atoms with E-state index in [2.05, 4.69) is 10.3 Å². The Bertz CT molecular complexity index is 691. The summed E-state index contributed by atoms with van der Waals surface area (Å²) >= 11 is 1.39. The first kappa shape index (κ1) is 15.9. The smallest absolute Gasteiger partial charge is 0.323 e. The number of rotatable bonds is 4. The first-order valence-electron chi connectivity index (χ1n) is 7.50. The van der Waals surface area contributed by atoms with Gasteiger partial charge in [0.25, 0.3) is 0 Å². The van der Waals surface area contributed by atoms with Crippen LogP contribution in [-0.4, -0.2) is 40.7 Å². The van der Waals surface area contributed by atoms with Crippen LogP contribution in [0.15, 0.2) is 30.5 Å². The summed E-state index contributed by atoms with van der Waals surface area (Å²) in [6, 6.07) is 6.27. The van der Waals surface area contributed by atoms with Gasteiger partial charge in [0.15, 0.2) is 5.13 Å². The van der Waals surface area contributed by atoms with Crippen LogP contribution in [-0.2, 0) is 6.42 Å². The number of halogens is 1. The lowest BCUT2D eigenvalue weighted by Gasteiger charge is -2.15. The molecule has 3 rings (SSSR count). The van der Waals surface area contributed by atoms with Crippen molar-refractivity contribution in [2.75, 3.05) is 25.0 Å². The molecule has 1 aliphatic heterocycles. The molecule has 5 nitrogen and oxygen atoms in total. The fourth-order valence-electron chi connectivity index (χ4n) is 2.63. The second-order valence-corrected chi connectivity index (χ2v) is 6.77. The van der Waals surface area contributed by atoms with E-state index in [1.165, 1.54) is 23.5 Å². The Kier molecular flexibility index (Phi) is 4.88. The highest BCUT2D eigenvalue weighted by Gasteiger charge is 2.26. The Hall–Kier alpha value is -1.99. The quantitative estimate of drug-likeness (QED) is 0.903. The lowest BCUT2D eigenvalue weighted by atomic mass is 10.1. The van der Waals surface area contributed by atoms with E-state index in [0.29, 0.717) is 24.6 Å². The van der Waals surface area contributed by atoms with E-state index >= 15 is 0 Å². The number of hydrogen-bond donors (Lipinski definition) is 2. The van der Waals surface area contributed by atoms with Gasteiger partial charge in [0.2, 0.25) is 0 Å². The fraction of sp³-hybridized carbons (Fsp3) is 0.375. The third-order valence-electron chi connectivity index (χ3n) is 3.87. The standard InChI is InChI=1S/C16H18FN3O2S/c17-13-3-1-2-11(6-13)7-14-8-18-15(23-14)19-16(22)20-5-4-12(9-20)10-21/h1-3,6,8,12,21H,4-5,7,9-10H2,(H,18,19,22)/t12-/m1/s1. The summed E-state index contributed by atoms with van der Waals surface area (Å²) in [5.74, 6) is -0.0893. The van der Waals surface area contributed by atoms with Crippen molar-refractivity contribution in [2.24, 2.45) is 5.92 Å². The Balaban J connectivity index is 1.58. The molecular weight excluding hydrogens is 317 g/mol. The number of carbonyl (C=O) groups is 1. The van der Waals surface area contributed by atoms with Crippen LogP contribution in [0.2, 0.25) is 0 Å². The van der Waals surface area contributed by atoms with Gasteiger partial charge in [0, 0.05) is 43.1 Å². The van der Waals surface area contributed by atoms with Gasteiger partial charge in [-0.15, -0.1) is 11.3 Å². The van der Waals surface area contributed by atoms with Crippen LogP contribution in [0.3, 0.4) is 0 Å². The van der Waals surface area contributed by atoms with Gasteiger partial charge >= 0.3 is 6.03 Å². The average molecular weight is 335 g/mol. The highest BCUT2D eigenvalue weighted by molar-refractivity contribution is 7.15. The maximum Gasteiger partial charge on any atom is 0.323 e. The molecule has 1 aliphatic rings. The van der Waals surface area contributed by atoms with Crippen LogP contribution >= 0.6 is 11.3 Å². The molecule has 1 fully saturated rings. The molecule has 122 valence electrons. The summed E-state index contributed by atoms with van der Waals surface area (Å²) < 4.78 is 13.2. The maximum atomic E-state index is 13.2. The number of urea groups is 1. The number of amides is 2. The number of nitrogens with zero attached hydrogens (tertiary/aromatic N) is 2. The van der Waals surface area contributed by atoms with Gasteiger partial charge in [-0.25, -0.2) is 14.2 Å². The highest BCUT2D eigenvalue weighted by Crippen LogP contribution is 2.23. The van der Waals surface area contributed by atoms with Crippen molar-refractivity contribution in [3.8, 4) is 0 Å². The second-order valence-electron chi connectivity index (χ2n) is 5.65. The molecule has 0 bridgehead atoms. The number of aliphatic hydroxyl groups is 1. The molecule has 2 N–H and O–H groups in total. The first-order valence-corrected chi connectivity index (χ1v) is 8.31. The van der Waals surface area contributed by atoms with Gasteiger partial charge < -0.3 is 10.0 Å². The van der Waals surface area contributed by atoms with Crippen LogP contribution in [0.4, 0.5) is 14.3 Å². The SMILES string of the molecule is O=C(Nc1ncc(Cc2cccc(F)c2)s1)N1CC[C@@H](CO)C1.